The SMILES string of the molecule is Cc1noc(C2CCCN(CCC(=O)N3CCNCC3)C2)n1. The van der Waals surface area contributed by atoms with Crippen molar-refractivity contribution in [3.05, 3.63) is 11.7 Å². The van der Waals surface area contributed by atoms with Gasteiger partial charge in [-0.05, 0) is 26.3 Å². The van der Waals surface area contributed by atoms with Crippen LogP contribution < -0.4 is 5.32 Å². The normalized spacial score (nSPS) is 23.7. The first kappa shape index (κ1) is 15.4. The monoisotopic (exact) mass is 307 g/mol. The number of nitrogens with zero attached hydrogens (tertiary/aromatic N) is 4. The quantitative estimate of drug-likeness (QED) is 0.867. The van der Waals surface area contributed by atoms with E-state index >= 15 is 0 Å². The van der Waals surface area contributed by atoms with Crippen LogP contribution in [-0.2, 0) is 4.79 Å². The minimum Gasteiger partial charge on any atom is -0.340 e. The summed E-state index contributed by atoms with van der Waals surface area (Å²) >= 11 is 0. The zero-order chi connectivity index (χ0) is 15.4. The van der Waals surface area contributed by atoms with Gasteiger partial charge in [0.2, 0.25) is 11.8 Å². The third-order valence-electron chi connectivity index (χ3n) is 4.51. The van der Waals surface area contributed by atoms with Crippen molar-refractivity contribution >= 4 is 5.91 Å². The van der Waals surface area contributed by atoms with Gasteiger partial charge in [0, 0.05) is 45.7 Å². The summed E-state index contributed by atoms with van der Waals surface area (Å²) in [5, 5.41) is 7.15. The molecule has 2 aliphatic rings. The molecule has 2 fully saturated rings. The fourth-order valence-corrected chi connectivity index (χ4v) is 3.27. The molecule has 1 N–H and O–H groups in total. The molecule has 3 rings (SSSR count). The molecule has 1 aromatic rings. The van der Waals surface area contributed by atoms with Crippen LogP contribution in [0.4, 0.5) is 0 Å². The Balaban J connectivity index is 1.47. The third-order valence-corrected chi connectivity index (χ3v) is 4.51. The van der Waals surface area contributed by atoms with Crippen molar-refractivity contribution in [3.63, 3.8) is 0 Å². The van der Waals surface area contributed by atoms with Gasteiger partial charge in [-0.25, -0.2) is 0 Å². The Morgan fingerprint density at radius 3 is 2.91 bits per heavy atom. The summed E-state index contributed by atoms with van der Waals surface area (Å²) in [6, 6.07) is 0. The average Bonchev–Trinajstić information content (AvgIpc) is 3.00. The summed E-state index contributed by atoms with van der Waals surface area (Å²) in [6.07, 6.45) is 2.81. The number of hydrogen-bond acceptors (Lipinski definition) is 6. The highest BCUT2D eigenvalue weighted by atomic mass is 16.5. The maximum atomic E-state index is 12.2. The fraction of sp³-hybridized carbons (Fsp3) is 0.800. The molecule has 0 spiro atoms. The molecule has 0 aromatic carbocycles. The number of piperidine rings is 1. The van der Waals surface area contributed by atoms with Gasteiger partial charge in [-0.2, -0.15) is 4.98 Å². The number of aromatic nitrogens is 2. The zero-order valence-corrected chi connectivity index (χ0v) is 13.3. The molecule has 0 aliphatic carbocycles. The van der Waals surface area contributed by atoms with E-state index in [4.69, 9.17) is 4.52 Å². The maximum Gasteiger partial charge on any atom is 0.231 e. The van der Waals surface area contributed by atoms with Crippen LogP contribution in [-0.4, -0.2) is 71.7 Å². The fourth-order valence-electron chi connectivity index (χ4n) is 3.27. The molecule has 0 bridgehead atoms. The van der Waals surface area contributed by atoms with Crippen molar-refractivity contribution in [1.82, 2.24) is 25.3 Å². The van der Waals surface area contributed by atoms with Crippen LogP contribution in [0.15, 0.2) is 4.52 Å². The first-order valence-electron chi connectivity index (χ1n) is 8.23. The molecule has 1 amide bonds. The van der Waals surface area contributed by atoms with Crippen molar-refractivity contribution in [1.29, 1.82) is 0 Å². The number of piperazine rings is 1. The highest BCUT2D eigenvalue weighted by Crippen LogP contribution is 2.25. The lowest BCUT2D eigenvalue weighted by molar-refractivity contribution is -0.132. The molecular weight excluding hydrogens is 282 g/mol. The van der Waals surface area contributed by atoms with E-state index in [0.29, 0.717) is 18.2 Å². The van der Waals surface area contributed by atoms with Crippen LogP contribution in [0.25, 0.3) is 0 Å². The molecule has 0 saturated carbocycles. The summed E-state index contributed by atoms with van der Waals surface area (Å²) < 4.78 is 5.30. The molecular formula is C15H25N5O2. The standard InChI is InChI=1S/C15H25N5O2/c1-12-17-15(22-18-12)13-3-2-7-19(11-13)8-4-14(21)20-9-5-16-6-10-20/h13,16H,2-11H2,1H3. The molecule has 22 heavy (non-hydrogen) atoms. The minimum absolute atomic E-state index is 0.275. The molecule has 1 aromatic heterocycles. The summed E-state index contributed by atoms with van der Waals surface area (Å²) in [7, 11) is 0. The van der Waals surface area contributed by atoms with E-state index in [-0.39, 0.29) is 5.91 Å². The molecule has 7 heteroatoms. The number of amides is 1. The number of hydrogen-bond donors (Lipinski definition) is 1. The van der Waals surface area contributed by atoms with Crippen molar-refractivity contribution < 1.29 is 9.32 Å². The summed E-state index contributed by atoms with van der Waals surface area (Å²) in [5.41, 5.74) is 0. The van der Waals surface area contributed by atoms with Crippen LogP contribution in [0.3, 0.4) is 0 Å². The van der Waals surface area contributed by atoms with Crippen molar-refractivity contribution in [2.45, 2.75) is 32.1 Å². The van der Waals surface area contributed by atoms with Crippen molar-refractivity contribution in [2.75, 3.05) is 45.8 Å². The van der Waals surface area contributed by atoms with Gasteiger partial charge in [0.05, 0.1) is 5.92 Å². The van der Waals surface area contributed by atoms with Crippen LogP contribution in [0.1, 0.15) is 36.9 Å². The molecule has 0 radical (unpaired) electrons. The molecule has 2 saturated heterocycles. The number of rotatable bonds is 4. The van der Waals surface area contributed by atoms with Crippen LogP contribution in [0, 0.1) is 6.92 Å². The molecule has 7 nitrogen and oxygen atoms in total. The third kappa shape index (κ3) is 3.84. The predicted molar refractivity (Wildman–Crippen MR) is 81.5 cm³/mol. The largest absolute Gasteiger partial charge is 0.340 e. The van der Waals surface area contributed by atoms with E-state index < -0.39 is 0 Å². The van der Waals surface area contributed by atoms with Gasteiger partial charge in [-0.15, -0.1) is 0 Å². The van der Waals surface area contributed by atoms with E-state index in [2.05, 4.69) is 20.4 Å². The van der Waals surface area contributed by atoms with Crippen molar-refractivity contribution in [3.8, 4) is 0 Å². The topological polar surface area (TPSA) is 74.5 Å². The second-order valence-corrected chi connectivity index (χ2v) is 6.20. The molecule has 122 valence electrons. The number of likely N-dealkylation sites (tertiary alicyclic amines) is 1. The average molecular weight is 307 g/mol. The van der Waals surface area contributed by atoms with Gasteiger partial charge in [0.1, 0.15) is 0 Å². The van der Waals surface area contributed by atoms with Crippen molar-refractivity contribution in [2.24, 2.45) is 0 Å². The number of carbonyl (C=O) groups is 1. The highest BCUT2D eigenvalue weighted by molar-refractivity contribution is 5.76. The van der Waals surface area contributed by atoms with Gasteiger partial charge < -0.3 is 19.6 Å². The van der Waals surface area contributed by atoms with Crippen LogP contribution in [0.2, 0.25) is 0 Å². The second kappa shape index (κ2) is 7.19. The second-order valence-electron chi connectivity index (χ2n) is 6.20. The smallest absolute Gasteiger partial charge is 0.231 e. The molecule has 3 heterocycles. The molecule has 2 aliphatic heterocycles. The zero-order valence-electron chi connectivity index (χ0n) is 13.3. The van der Waals surface area contributed by atoms with E-state index in [1.54, 1.807) is 0 Å². The number of nitrogens with one attached hydrogen (secondary N) is 1. The Morgan fingerprint density at radius 1 is 1.36 bits per heavy atom. The Hall–Kier alpha value is -1.47. The summed E-state index contributed by atoms with van der Waals surface area (Å²) in [5.74, 6) is 2.03. The minimum atomic E-state index is 0.275. The van der Waals surface area contributed by atoms with Gasteiger partial charge in [-0.1, -0.05) is 5.16 Å². The molecule has 1 atom stereocenters. The lowest BCUT2D eigenvalue weighted by Crippen LogP contribution is -2.47. The highest BCUT2D eigenvalue weighted by Gasteiger charge is 2.26. The Labute approximate surface area is 131 Å². The Kier molecular flexibility index (Phi) is 5.04. The van der Waals surface area contributed by atoms with Gasteiger partial charge in [0.15, 0.2) is 5.82 Å². The Morgan fingerprint density at radius 2 is 2.18 bits per heavy atom. The van der Waals surface area contributed by atoms with Crippen LogP contribution >= 0.6 is 0 Å². The van der Waals surface area contributed by atoms with E-state index in [1.165, 1.54) is 0 Å². The van der Waals surface area contributed by atoms with Gasteiger partial charge in [0.25, 0.3) is 0 Å². The summed E-state index contributed by atoms with van der Waals surface area (Å²) in [4.78, 5) is 20.9. The lowest BCUT2D eigenvalue weighted by Gasteiger charge is -2.32. The Bertz CT molecular complexity index is 498. The first-order valence-corrected chi connectivity index (χ1v) is 8.23. The maximum absolute atomic E-state index is 12.2. The first-order chi connectivity index (χ1) is 10.7. The van der Waals surface area contributed by atoms with E-state index in [0.717, 1.165) is 64.5 Å². The van der Waals surface area contributed by atoms with E-state index in [9.17, 15) is 4.79 Å². The number of carbonyl (C=O) groups excluding carboxylic acids is 1. The van der Waals surface area contributed by atoms with Crippen LogP contribution in [0.5, 0.6) is 0 Å². The number of aryl methyl sites for hydroxylation is 1. The van der Waals surface area contributed by atoms with E-state index in [1.807, 2.05) is 11.8 Å². The van der Waals surface area contributed by atoms with Gasteiger partial charge in [-0.3, -0.25) is 4.79 Å². The molecule has 1 unspecified atom stereocenters. The predicted octanol–water partition coefficient (Wildman–Crippen LogP) is 0.379. The summed E-state index contributed by atoms with van der Waals surface area (Å²) in [6.45, 7) is 8.13. The van der Waals surface area contributed by atoms with Gasteiger partial charge >= 0.3 is 0 Å². The lowest BCUT2D eigenvalue weighted by atomic mass is 9.98.